The zero-order valence-electron chi connectivity index (χ0n) is 18.8. The number of pyridine rings is 2. The van der Waals surface area contributed by atoms with E-state index in [0.717, 1.165) is 55.0 Å². The van der Waals surface area contributed by atoms with Crippen LogP contribution in [-0.4, -0.2) is 60.2 Å². The van der Waals surface area contributed by atoms with Gasteiger partial charge in [-0.1, -0.05) is 24.3 Å². The molecule has 1 saturated heterocycles. The third-order valence-corrected chi connectivity index (χ3v) is 5.80. The van der Waals surface area contributed by atoms with E-state index >= 15 is 0 Å². The van der Waals surface area contributed by atoms with Crippen LogP contribution in [0.2, 0.25) is 0 Å². The maximum atomic E-state index is 13.1. The number of hydrogen-bond donors (Lipinski definition) is 1. The van der Waals surface area contributed by atoms with Gasteiger partial charge in [-0.25, -0.2) is 4.98 Å². The number of carbonyl (C=O) groups is 1. The Hall–Kier alpha value is -3.81. The van der Waals surface area contributed by atoms with Crippen molar-refractivity contribution in [3.05, 3.63) is 84.7 Å². The molecule has 2 aromatic heterocycles. The molecule has 1 N–H and O–H groups in total. The van der Waals surface area contributed by atoms with Crippen molar-refractivity contribution in [1.82, 2.24) is 14.9 Å². The molecule has 0 saturated carbocycles. The Morgan fingerprint density at radius 3 is 2.76 bits per heavy atom. The van der Waals surface area contributed by atoms with Gasteiger partial charge in [0.2, 0.25) is 0 Å². The molecule has 0 spiro atoms. The minimum absolute atomic E-state index is 0.209. The fraction of sp³-hybridized carbons (Fsp3) is 0.222. The van der Waals surface area contributed by atoms with Crippen LogP contribution in [-0.2, 0) is 4.74 Å². The Balaban J connectivity index is 1.30. The minimum Gasteiger partial charge on any atom is -0.492 e. The number of para-hydroxylation sites is 1. The topological polar surface area (TPSA) is 76.6 Å². The Kier molecular flexibility index (Phi) is 6.74. The van der Waals surface area contributed by atoms with Crippen LogP contribution in [0.25, 0.3) is 22.2 Å². The van der Waals surface area contributed by atoms with Crippen LogP contribution < -0.4 is 10.1 Å². The van der Waals surface area contributed by atoms with Gasteiger partial charge in [0.25, 0.3) is 5.91 Å². The van der Waals surface area contributed by atoms with E-state index in [4.69, 9.17) is 14.5 Å². The van der Waals surface area contributed by atoms with Crippen molar-refractivity contribution in [2.75, 3.05) is 44.8 Å². The lowest BCUT2D eigenvalue weighted by molar-refractivity contribution is 0.0322. The van der Waals surface area contributed by atoms with Crippen molar-refractivity contribution in [3.8, 4) is 17.0 Å². The summed E-state index contributed by atoms with van der Waals surface area (Å²) in [5.41, 5.74) is 3.65. The molecule has 1 amide bonds. The fourth-order valence-electron chi connectivity index (χ4n) is 3.96. The van der Waals surface area contributed by atoms with E-state index in [9.17, 15) is 4.79 Å². The first-order valence-electron chi connectivity index (χ1n) is 11.4. The monoisotopic (exact) mass is 454 g/mol. The van der Waals surface area contributed by atoms with E-state index in [1.165, 1.54) is 0 Å². The SMILES string of the molecule is O=C(Nc1cccc2ccc(-c3cccnc3)nc12)c1cccc(OCCN2CCOCC2)c1. The molecular formula is C27H26N4O3. The molecule has 0 bridgehead atoms. The summed E-state index contributed by atoms with van der Waals surface area (Å²) in [5.74, 6) is 0.468. The molecule has 0 aliphatic carbocycles. The lowest BCUT2D eigenvalue weighted by Gasteiger charge is -2.26. The van der Waals surface area contributed by atoms with E-state index in [1.54, 1.807) is 24.5 Å². The quantitative estimate of drug-likeness (QED) is 0.450. The number of amides is 1. The highest BCUT2D eigenvalue weighted by Crippen LogP contribution is 2.26. The van der Waals surface area contributed by atoms with Crippen LogP contribution in [0.3, 0.4) is 0 Å². The van der Waals surface area contributed by atoms with Gasteiger partial charge in [-0.2, -0.15) is 0 Å². The maximum Gasteiger partial charge on any atom is 0.255 e. The van der Waals surface area contributed by atoms with Crippen LogP contribution in [0.4, 0.5) is 5.69 Å². The normalized spacial score (nSPS) is 14.1. The van der Waals surface area contributed by atoms with E-state index in [2.05, 4.69) is 15.2 Å². The second-order valence-corrected chi connectivity index (χ2v) is 8.10. The van der Waals surface area contributed by atoms with Gasteiger partial charge in [-0.05, 0) is 42.5 Å². The fourth-order valence-corrected chi connectivity index (χ4v) is 3.96. The highest BCUT2D eigenvalue weighted by atomic mass is 16.5. The van der Waals surface area contributed by atoms with Gasteiger partial charge in [0.05, 0.1) is 30.1 Å². The van der Waals surface area contributed by atoms with Crippen molar-refractivity contribution < 1.29 is 14.3 Å². The lowest BCUT2D eigenvalue weighted by Crippen LogP contribution is -2.38. The summed E-state index contributed by atoms with van der Waals surface area (Å²) in [6.07, 6.45) is 3.51. The average Bonchev–Trinajstić information content (AvgIpc) is 2.90. The van der Waals surface area contributed by atoms with Crippen LogP contribution in [0.5, 0.6) is 5.75 Å². The summed E-state index contributed by atoms with van der Waals surface area (Å²) in [7, 11) is 0. The molecule has 3 heterocycles. The molecule has 7 nitrogen and oxygen atoms in total. The van der Waals surface area contributed by atoms with Crippen LogP contribution in [0.15, 0.2) is 79.1 Å². The molecule has 34 heavy (non-hydrogen) atoms. The molecule has 0 radical (unpaired) electrons. The van der Waals surface area contributed by atoms with E-state index < -0.39 is 0 Å². The third-order valence-electron chi connectivity index (χ3n) is 5.80. The van der Waals surface area contributed by atoms with Gasteiger partial charge in [-0.3, -0.25) is 14.7 Å². The standard InChI is InChI=1S/C27H26N4O3/c32-27(21-5-1-7-23(18-21)34-17-14-31-12-15-33-16-13-31)30-25-8-2-4-20-9-10-24(29-26(20)25)22-6-3-11-28-19-22/h1-11,18-19H,12-17H2,(H,30,32). The summed E-state index contributed by atoms with van der Waals surface area (Å²) < 4.78 is 11.3. The smallest absolute Gasteiger partial charge is 0.255 e. The van der Waals surface area contributed by atoms with Crippen LogP contribution in [0.1, 0.15) is 10.4 Å². The minimum atomic E-state index is -0.209. The number of anilines is 1. The Bertz CT molecular complexity index is 1270. The van der Waals surface area contributed by atoms with Crippen molar-refractivity contribution in [2.45, 2.75) is 0 Å². The molecule has 0 unspecified atom stereocenters. The number of carbonyl (C=O) groups excluding carboxylic acids is 1. The summed E-state index contributed by atoms with van der Waals surface area (Å²) in [6.45, 7) is 4.78. The summed E-state index contributed by atoms with van der Waals surface area (Å²) in [6, 6.07) is 20.8. The maximum absolute atomic E-state index is 13.1. The van der Waals surface area contributed by atoms with Crippen LogP contribution in [0, 0.1) is 0 Å². The van der Waals surface area contributed by atoms with Crippen molar-refractivity contribution in [2.24, 2.45) is 0 Å². The van der Waals surface area contributed by atoms with Gasteiger partial charge in [0, 0.05) is 48.5 Å². The molecule has 1 fully saturated rings. The second kappa shape index (κ2) is 10.4. The summed E-state index contributed by atoms with van der Waals surface area (Å²) in [5, 5.41) is 3.97. The second-order valence-electron chi connectivity index (χ2n) is 8.10. The van der Waals surface area contributed by atoms with Crippen molar-refractivity contribution in [1.29, 1.82) is 0 Å². The predicted molar refractivity (Wildman–Crippen MR) is 132 cm³/mol. The van der Waals surface area contributed by atoms with Gasteiger partial charge in [-0.15, -0.1) is 0 Å². The summed E-state index contributed by atoms with van der Waals surface area (Å²) >= 11 is 0. The first-order chi connectivity index (χ1) is 16.8. The third kappa shape index (κ3) is 5.22. The number of hydrogen-bond acceptors (Lipinski definition) is 6. The van der Waals surface area contributed by atoms with E-state index in [0.29, 0.717) is 23.6 Å². The molecule has 2 aromatic carbocycles. The van der Waals surface area contributed by atoms with Crippen molar-refractivity contribution >= 4 is 22.5 Å². The Morgan fingerprint density at radius 2 is 1.91 bits per heavy atom. The number of benzene rings is 2. The molecule has 1 aliphatic rings. The highest BCUT2D eigenvalue weighted by molar-refractivity contribution is 6.08. The molecule has 1 aliphatic heterocycles. The molecule has 5 rings (SSSR count). The Labute approximate surface area is 198 Å². The number of nitrogens with zero attached hydrogens (tertiary/aromatic N) is 3. The van der Waals surface area contributed by atoms with E-state index in [-0.39, 0.29) is 5.91 Å². The van der Waals surface area contributed by atoms with Gasteiger partial charge in [0.1, 0.15) is 12.4 Å². The number of nitrogens with one attached hydrogen (secondary N) is 1. The Morgan fingerprint density at radius 1 is 1.03 bits per heavy atom. The van der Waals surface area contributed by atoms with E-state index in [1.807, 2.05) is 54.6 Å². The number of fused-ring (bicyclic) bond motifs is 1. The zero-order chi connectivity index (χ0) is 23.2. The summed E-state index contributed by atoms with van der Waals surface area (Å²) in [4.78, 5) is 24.4. The molecular weight excluding hydrogens is 428 g/mol. The van der Waals surface area contributed by atoms with Crippen molar-refractivity contribution in [3.63, 3.8) is 0 Å². The molecule has 4 aromatic rings. The first-order valence-corrected chi connectivity index (χ1v) is 11.4. The first kappa shape index (κ1) is 22.0. The molecule has 0 atom stereocenters. The lowest BCUT2D eigenvalue weighted by atomic mass is 10.1. The highest BCUT2D eigenvalue weighted by Gasteiger charge is 2.13. The molecule has 172 valence electrons. The molecule has 7 heteroatoms. The predicted octanol–water partition coefficient (Wildman–Crippen LogP) is 4.26. The van der Waals surface area contributed by atoms with Gasteiger partial charge >= 0.3 is 0 Å². The zero-order valence-corrected chi connectivity index (χ0v) is 18.8. The van der Waals surface area contributed by atoms with Gasteiger partial charge in [0.15, 0.2) is 0 Å². The average molecular weight is 455 g/mol. The number of ether oxygens (including phenoxy) is 2. The number of morpholine rings is 1. The van der Waals surface area contributed by atoms with Gasteiger partial charge < -0.3 is 14.8 Å². The van der Waals surface area contributed by atoms with Crippen LogP contribution >= 0.6 is 0 Å². The largest absolute Gasteiger partial charge is 0.492 e. The number of aromatic nitrogens is 2. The number of rotatable bonds is 7.